The SMILES string of the molecule is CC1=C(C(=O)OC2CCCCC2)C(/C=C/c2ccccc2)n2nc(SCc3ccccc3)nc2N1. The first kappa shape index (κ1) is 23.4. The van der Waals surface area contributed by atoms with Crippen LogP contribution in [0.2, 0.25) is 0 Å². The molecule has 2 aromatic carbocycles. The number of nitrogens with one attached hydrogen (secondary N) is 1. The van der Waals surface area contributed by atoms with E-state index in [-0.39, 0.29) is 12.1 Å². The van der Waals surface area contributed by atoms with Crippen molar-refractivity contribution in [3.05, 3.63) is 89.1 Å². The minimum Gasteiger partial charge on any atom is -0.459 e. The summed E-state index contributed by atoms with van der Waals surface area (Å²) in [6.45, 7) is 1.91. The Morgan fingerprint density at radius 3 is 2.54 bits per heavy atom. The van der Waals surface area contributed by atoms with Crippen molar-refractivity contribution >= 4 is 29.8 Å². The molecule has 2 aliphatic rings. The van der Waals surface area contributed by atoms with E-state index < -0.39 is 6.04 Å². The van der Waals surface area contributed by atoms with Crippen molar-refractivity contribution in [2.75, 3.05) is 5.32 Å². The van der Waals surface area contributed by atoms with Gasteiger partial charge in [0.2, 0.25) is 11.1 Å². The molecule has 1 unspecified atom stereocenters. The summed E-state index contributed by atoms with van der Waals surface area (Å²) in [5.74, 6) is 1.14. The number of carbonyl (C=O) groups excluding carboxylic acids is 1. The number of nitrogens with zero attached hydrogens (tertiary/aromatic N) is 3. The molecule has 35 heavy (non-hydrogen) atoms. The van der Waals surface area contributed by atoms with E-state index in [4.69, 9.17) is 14.8 Å². The molecule has 0 radical (unpaired) electrons. The van der Waals surface area contributed by atoms with Gasteiger partial charge in [0.25, 0.3) is 0 Å². The van der Waals surface area contributed by atoms with E-state index in [2.05, 4.69) is 17.4 Å². The van der Waals surface area contributed by atoms with Crippen LogP contribution in [0.5, 0.6) is 0 Å². The van der Waals surface area contributed by atoms with Gasteiger partial charge in [-0.15, -0.1) is 5.10 Å². The average Bonchev–Trinajstić information content (AvgIpc) is 3.30. The van der Waals surface area contributed by atoms with E-state index in [1.165, 1.54) is 12.0 Å². The van der Waals surface area contributed by atoms with Crippen LogP contribution in [0.15, 0.2) is 83.2 Å². The minimum absolute atomic E-state index is 0.00978. The molecule has 180 valence electrons. The standard InChI is InChI=1S/C28H30N4O2S/c1-20-25(26(33)34-23-15-9-4-10-16-23)24(18-17-21-11-5-2-6-12-21)32-27(29-20)30-28(31-32)35-19-22-13-7-3-8-14-22/h2-3,5-8,11-14,17-18,23-24H,4,9-10,15-16,19H2,1H3,(H,29,30,31)/b18-17+. The van der Waals surface area contributed by atoms with Gasteiger partial charge in [-0.2, -0.15) is 4.98 Å². The third kappa shape index (κ3) is 5.68. The fraction of sp³-hybridized carbons (Fsp3) is 0.321. The Balaban J connectivity index is 1.42. The third-order valence-electron chi connectivity index (χ3n) is 6.40. The molecule has 0 bridgehead atoms. The van der Waals surface area contributed by atoms with E-state index in [1.807, 2.05) is 67.6 Å². The maximum Gasteiger partial charge on any atom is 0.338 e. The van der Waals surface area contributed by atoms with Crippen molar-refractivity contribution in [1.29, 1.82) is 0 Å². The number of anilines is 1. The largest absolute Gasteiger partial charge is 0.459 e. The molecule has 2 heterocycles. The Hall–Kier alpha value is -3.32. The monoisotopic (exact) mass is 486 g/mol. The van der Waals surface area contributed by atoms with Crippen molar-refractivity contribution in [1.82, 2.24) is 14.8 Å². The number of fused-ring (bicyclic) bond motifs is 1. The van der Waals surface area contributed by atoms with Gasteiger partial charge in [-0.05, 0) is 43.7 Å². The number of rotatable bonds is 7. The van der Waals surface area contributed by atoms with Gasteiger partial charge in [-0.3, -0.25) is 0 Å². The van der Waals surface area contributed by atoms with Gasteiger partial charge in [-0.1, -0.05) is 91.0 Å². The summed E-state index contributed by atoms with van der Waals surface area (Å²) in [4.78, 5) is 18.1. The summed E-state index contributed by atoms with van der Waals surface area (Å²) in [7, 11) is 0. The number of aromatic nitrogens is 3. The van der Waals surface area contributed by atoms with E-state index in [0.29, 0.717) is 16.7 Å². The molecular formula is C28H30N4O2S. The molecule has 1 atom stereocenters. The lowest BCUT2D eigenvalue weighted by atomic mass is 9.97. The van der Waals surface area contributed by atoms with Crippen LogP contribution in [-0.2, 0) is 15.3 Å². The lowest BCUT2D eigenvalue weighted by Gasteiger charge is -2.28. The highest BCUT2D eigenvalue weighted by molar-refractivity contribution is 7.98. The molecule has 1 N–H and O–H groups in total. The normalized spacial score (nSPS) is 18.4. The smallest absolute Gasteiger partial charge is 0.338 e. The molecular weight excluding hydrogens is 456 g/mol. The summed E-state index contributed by atoms with van der Waals surface area (Å²) < 4.78 is 7.78. The Morgan fingerprint density at radius 1 is 1.09 bits per heavy atom. The zero-order valence-electron chi connectivity index (χ0n) is 19.9. The van der Waals surface area contributed by atoms with Crippen LogP contribution in [0.3, 0.4) is 0 Å². The fourth-order valence-corrected chi connectivity index (χ4v) is 5.35. The number of hydrogen-bond acceptors (Lipinski definition) is 6. The first-order valence-electron chi connectivity index (χ1n) is 12.2. The molecule has 0 spiro atoms. The molecule has 0 saturated heterocycles. The molecule has 1 fully saturated rings. The zero-order chi connectivity index (χ0) is 24.0. The molecule has 6 nitrogen and oxygen atoms in total. The van der Waals surface area contributed by atoms with Crippen LogP contribution in [0, 0.1) is 0 Å². The van der Waals surface area contributed by atoms with E-state index in [0.717, 1.165) is 42.7 Å². The molecule has 1 aromatic heterocycles. The van der Waals surface area contributed by atoms with Crippen LogP contribution in [0.4, 0.5) is 5.95 Å². The van der Waals surface area contributed by atoms with Gasteiger partial charge >= 0.3 is 5.97 Å². The Bertz CT molecular complexity index is 1210. The summed E-state index contributed by atoms with van der Waals surface area (Å²) in [5.41, 5.74) is 3.61. The third-order valence-corrected chi connectivity index (χ3v) is 7.31. The number of benzene rings is 2. The summed E-state index contributed by atoms with van der Waals surface area (Å²) >= 11 is 1.58. The predicted octanol–water partition coefficient (Wildman–Crippen LogP) is 6.40. The highest BCUT2D eigenvalue weighted by Crippen LogP contribution is 2.35. The quantitative estimate of drug-likeness (QED) is 0.308. The zero-order valence-corrected chi connectivity index (χ0v) is 20.7. The molecule has 0 amide bonds. The maximum absolute atomic E-state index is 13.4. The summed E-state index contributed by atoms with van der Waals surface area (Å²) in [5, 5.41) is 8.75. The van der Waals surface area contributed by atoms with Gasteiger partial charge in [0, 0.05) is 11.4 Å². The summed E-state index contributed by atoms with van der Waals surface area (Å²) in [6.07, 6.45) is 9.34. The fourth-order valence-electron chi connectivity index (χ4n) is 4.56. The van der Waals surface area contributed by atoms with Crippen molar-refractivity contribution in [3.8, 4) is 0 Å². The Labute approximate surface area is 210 Å². The van der Waals surface area contributed by atoms with Gasteiger partial charge in [0.05, 0.1) is 5.57 Å². The Morgan fingerprint density at radius 2 is 1.80 bits per heavy atom. The second kappa shape index (κ2) is 11.0. The minimum atomic E-state index is -0.402. The molecule has 1 saturated carbocycles. The van der Waals surface area contributed by atoms with Gasteiger partial charge in [0.15, 0.2) is 0 Å². The lowest BCUT2D eigenvalue weighted by Crippen LogP contribution is -2.30. The second-order valence-corrected chi connectivity index (χ2v) is 9.92. The van der Waals surface area contributed by atoms with Gasteiger partial charge < -0.3 is 10.1 Å². The number of carbonyl (C=O) groups is 1. The van der Waals surface area contributed by atoms with E-state index in [1.54, 1.807) is 16.4 Å². The molecule has 7 heteroatoms. The Kier molecular flexibility index (Phi) is 7.33. The lowest BCUT2D eigenvalue weighted by molar-refractivity contribution is -0.146. The van der Waals surface area contributed by atoms with Crippen LogP contribution < -0.4 is 5.32 Å². The van der Waals surface area contributed by atoms with Crippen LogP contribution in [0.1, 0.15) is 56.2 Å². The van der Waals surface area contributed by atoms with Gasteiger partial charge in [-0.25, -0.2) is 9.48 Å². The molecule has 3 aromatic rings. The number of allylic oxidation sites excluding steroid dienone is 2. The van der Waals surface area contributed by atoms with E-state index >= 15 is 0 Å². The van der Waals surface area contributed by atoms with Crippen LogP contribution in [0.25, 0.3) is 6.08 Å². The molecule has 1 aliphatic carbocycles. The van der Waals surface area contributed by atoms with Crippen molar-refractivity contribution in [3.63, 3.8) is 0 Å². The topological polar surface area (TPSA) is 69.0 Å². The molecule has 5 rings (SSSR count). The van der Waals surface area contributed by atoms with Crippen molar-refractivity contribution in [2.45, 2.75) is 62.1 Å². The highest BCUT2D eigenvalue weighted by atomic mass is 32.2. The predicted molar refractivity (Wildman–Crippen MR) is 140 cm³/mol. The number of esters is 1. The summed E-state index contributed by atoms with van der Waals surface area (Å²) in [6, 6.07) is 19.9. The first-order valence-corrected chi connectivity index (χ1v) is 13.2. The second-order valence-electron chi connectivity index (χ2n) is 8.98. The number of hydrogen-bond donors (Lipinski definition) is 1. The number of thioether (sulfide) groups is 1. The van der Waals surface area contributed by atoms with Crippen LogP contribution in [-0.4, -0.2) is 26.8 Å². The average molecular weight is 487 g/mol. The highest BCUT2D eigenvalue weighted by Gasteiger charge is 2.34. The maximum atomic E-state index is 13.4. The molecule has 1 aliphatic heterocycles. The number of ether oxygens (including phenoxy) is 1. The van der Waals surface area contributed by atoms with E-state index in [9.17, 15) is 4.79 Å². The van der Waals surface area contributed by atoms with Crippen molar-refractivity contribution in [2.24, 2.45) is 0 Å². The first-order chi connectivity index (χ1) is 17.2. The van der Waals surface area contributed by atoms with Crippen LogP contribution >= 0.6 is 11.8 Å². The van der Waals surface area contributed by atoms with Crippen molar-refractivity contribution < 1.29 is 9.53 Å². The van der Waals surface area contributed by atoms with Gasteiger partial charge in [0.1, 0.15) is 12.1 Å².